The molecule has 32 heavy (non-hydrogen) atoms. The summed E-state index contributed by atoms with van der Waals surface area (Å²) in [5.41, 5.74) is 0. The second kappa shape index (κ2) is 12.0. The highest BCUT2D eigenvalue weighted by atomic mass is 28.4. The Morgan fingerprint density at radius 1 is 0.531 bits per heavy atom. The van der Waals surface area contributed by atoms with E-state index in [0.717, 1.165) is 6.29 Å². The molecular weight excluding hydrogens is 489 g/mol. The molecule has 192 valence electrons. The fourth-order valence-corrected chi connectivity index (χ4v) is 8.02. The lowest BCUT2D eigenvalue weighted by atomic mass is 10.0. The number of hydrogen-bond donors (Lipinski definition) is 0. The maximum absolute atomic E-state index is 12.3. The first-order valence-corrected chi connectivity index (χ1v) is 28.8. The van der Waals surface area contributed by atoms with E-state index in [1.807, 2.05) is 0 Å². The van der Waals surface area contributed by atoms with Crippen molar-refractivity contribution in [2.75, 3.05) is 6.61 Å². The molecule has 0 amide bonds. The van der Waals surface area contributed by atoms with Crippen LogP contribution in [0.4, 0.5) is 0 Å². The van der Waals surface area contributed by atoms with Gasteiger partial charge in [0.05, 0.1) is 18.8 Å². The van der Waals surface area contributed by atoms with Crippen LogP contribution < -0.4 is 0 Å². The second-order valence-corrected chi connectivity index (χ2v) is 35.8. The van der Waals surface area contributed by atoms with Crippen LogP contribution in [-0.4, -0.2) is 78.9 Å². The Morgan fingerprint density at radius 3 is 1.22 bits per heavy atom. The Morgan fingerprint density at radius 2 is 0.906 bits per heavy atom. The maximum atomic E-state index is 12.3. The van der Waals surface area contributed by atoms with Crippen LogP contribution in [0.2, 0.25) is 98.2 Å². The lowest BCUT2D eigenvalue weighted by Gasteiger charge is -2.44. The van der Waals surface area contributed by atoms with Gasteiger partial charge in [-0.3, -0.25) is 0 Å². The number of carbonyl (C=O) groups excluding carboxylic acids is 1. The van der Waals surface area contributed by atoms with Gasteiger partial charge < -0.3 is 26.9 Å². The molecule has 0 N–H and O–H groups in total. The van der Waals surface area contributed by atoms with Crippen LogP contribution in [0, 0.1) is 0 Å². The van der Waals surface area contributed by atoms with Gasteiger partial charge in [-0.1, -0.05) is 0 Å². The van der Waals surface area contributed by atoms with Gasteiger partial charge in [0.2, 0.25) is 0 Å². The molecule has 0 aliphatic rings. The largest absolute Gasteiger partial charge is 0.415 e. The quantitative estimate of drug-likeness (QED) is 0.190. The Labute approximate surface area is 203 Å². The molecule has 0 aromatic rings. The van der Waals surface area contributed by atoms with Gasteiger partial charge in [-0.25, -0.2) is 0 Å². The van der Waals surface area contributed by atoms with E-state index in [0.29, 0.717) is 6.61 Å². The zero-order valence-electron chi connectivity index (χ0n) is 23.5. The summed E-state index contributed by atoms with van der Waals surface area (Å²) in [6.45, 7) is 32.6. The van der Waals surface area contributed by atoms with E-state index in [1.54, 1.807) is 0 Å². The van der Waals surface area contributed by atoms with Crippen LogP contribution in [0.1, 0.15) is 0 Å². The molecule has 0 saturated heterocycles. The first-order valence-electron chi connectivity index (χ1n) is 11.7. The second-order valence-electron chi connectivity index (χ2n) is 13.4. The van der Waals surface area contributed by atoms with Crippen LogP contribution in [-0.2, 0) is 26.9 Å². The van der Waals surface area contributed by atoms with Crippen LogP contribution in [0.3, 0.4) is 0 Å². The highest BCUT2D eigenvalue weighted by molar-refractivity contribution is 6.71. The topological polar surface area (TPSA) is 63.2 Å². The molecule has 4 atom stereocenters. The summed E-state index contributed by atoms with van der Waals surface area (Å²) in [7, 11) is -9.81. The minimum absolute atomic E-state index is 0.325. The molecule has 0 bridgehead atoms. The number of aldehydes is 1. The third-order valence-electron chi connectivity index (χ3n) is 3.80. The van der Waals surface area contributed by atoms with E-state index in [2.05, 4.69) is 98.2 Å². The Kier molecular flexibility index (Phi) is 12.2. The summed E-state index contributed by atoms with van der Waals surface area (Å²) in [5, 5.41) is 0. The predicted octanol–water partition coefficient (Wildman–Crippen LogP) is 5.92. The zero-order valence-corrected chi connectivity index (χ0v) is 28.5. The van der Waals surface area contributed by atoms with Crippen molar-refractivity contribution in [3.05, 3.63) is 0 Å². The summed E-state index contributed by atoms with van der Waals surface area (Å²) in [5.74, 6) is 0. The SMILES string of the molecule is C[Si](C)(C)OC[C@H](O[Si](C)(C)C)[C@H](O[Si](C)(C)C)[C@H](O[Si](C)(C)C)[C@H](C=O)O[Si](C)(C)C. The van der Waals surface area contributed by atoms with Crippen molar-refractivity contribution < 1.29 is 26.9 Å². The van der Waals surface area contributed by atoms with E-state index in [1.165, 1.54) is 0 Å². The molecule has 0 heterocycles. The molecule has 0 aliphatic heterocycles. The molecule has 11 heteroatoms. The van der Waals surface area contributed by atoms with Gasteiger partial charge in [0.25, 0.3) is 0 Å². The highest BCUT2D eigenvalue weighted by Crippen LogP contribution is 2.28. The molecule has 0 unspecified atom stereocenters. The predicted molar refractivity (Wildman–Crippen MR) is 148 cm³/mol. The summed E-state index contributed by atoms with van der Waals surface area (Å²) < 4.78 is 32.8. The smallest absolute Gasteiger partial charge is 0.184 e. The maximum Gasteiger partial charge on any atom is 0.184 e. The molecule has 0 saturated carbocycles. The third-order valence-corrected chi connectivity index (χ3v) is 8.78. The highest BCUT2D eigenvalue weighted by Gasteiger charge is 2.45. The van der Waals surface area contributed by atoms with Gasteiger partial charge in [0.1, 0.15) is 18.5 Å². The van der Waals surface area contributed by atoms with Crippen molar-refractivity contribution in [3.8, 4) is 0 Å². The summed E-state index contributed by atoms with van der Waals surface area (Å²) in [6, 6.07) is 0. The average Bonchev–Trinajstić information content (AvgIpc) is 2.48. The van der Waals surface area contributed by atoms with Crippen molar-refractivity contribution >= 4 is 47.9 Å². The fraction of sp³-hybridized carbons (Fsp3) is 0.952. The molecule has 0 rings (SSSR count). The van der Waals surface area contributed by atoms with Crippen LogP contribution in [0.5, 0.6) is 0 Å². The Hall–Kier alpha value is 0.554. The Bertz CT molecular complexity index is 570. The van der Waals surface area contributed by atoms with E-state index in [9.17, 15) is 4.79 Å². The van der Waals surface area contributed by atoms with E-state index >= 15 is 0 Å². The van der Waals surface area contributed by atoms with Crippen LogP contribution in [0.15, 0.2) is 0 Å². The molecule has 0 aromatic heterocycles. The Balaban J connectivity index is 6.51. The number of carbonyl (C=O) groups is 1. The van der Waals surface area contributed by atoms with Crippen LogP contribution in [0.25, 0.3) is 0 Å². The van der Waals surface area contributed by atoms with E-state index in [4.69, 9.17) is 22.1 Å². The molecule has 0 spiro atoms. The molecule has 0 fully saturated rings. The van der Waals surface area contributed by atoms with Gasteiger partial charge in [-0.15, -0.1) is 0 Å². The average molecular weight is 541 g/mol. The molecule has 0 radical (unpaired) electrons. The van der Waals surface area contributed by atoms with E-state index in [-0.39, 0.29) is 6.10 Å². The van der Waals surface area contributed by atoms with Crippen molar-refractivity contribution in [2.45, 2.75) is 123 Å². The lowest BCUT2D eigenvalue weighted by Crippen LogP contribution is -2.59. The number of rotatable bonds is 15. The minimum Gasteiger partial charge on any atom is -0.415 e. The van der Waals surface area contributed by atoms with Crippen LogP contribution >= 0.6 is 0 Å². The van der Waals surface area contributed by atoms with Gasteiger partial charge in [0.15, 0.2) is 41.6 Å². The summed E-state index contributed by atoms with van der Waals surface area (Å²) in [4.78, 5) is 12.3. The van der Waals surface area contributed by atoms with E-state index < -0.39 is 59.9 Å². The molecule has 0 aromatic carbocycles. The molecule has 0 aliphatic carbocycles. The first kappa shape index (κ1) is 32.6. The zero-order chi connectivity index (χ0) is 25.8. The van der Waals surface area contributed by atoms with Crippen molar-refractivity contribution in [3.63, 3.8) is 0 Å². The third kappa shape index (κ3) is 16.2. The molecule has 6 nitrogen and oxygen atoms in total. The monoisotopic (exact) mass is 540 g/mol. The summed E-state index contributed by atoms with van der Waals surface area (Å²) in [6.07, 6.45) is -1.11. The summed E-state index contributed by atoms with van der Waals surface area (Å²) >= 11 is 0. The molecular formula is C21H52O6Si5. The van der Waals surface area contributed by atoms with Gasteiger partial charge >= 0.3 is 0 Å². The van der Waals surface area contributed by atoms with Crippen molar-refractivity contribution in [2.24, 2.45) is 0 Å². The van der Waals surface area contributed by atoms with Crippen molar-refractivity contribution in [1.29, 1.82) is 0 Å². The first-order chi connectivity index (χ1) is 13.9. The van der Waals surface area contributed by atoms with Gasteiger partial charge in [-0.05, 0) is 98.2 Å². The minimum atomic E-state index is -2.04. The fourth-order valence-electron chi connectivity index (χ4n) is 3.05. The standard InChI is InChI=1S/C21H52O6Si5/c1-28(2,3)23-17-19(25-30(7,8)9)21(27-32(13,14)15)20(26-31(10,11)12)18(16-22)24-29(4,5)6/h16,18-21H,17H2,1-15H3/t18-,19-,20+,21-/m0/s1. The lowest BCUT2D eigenvalue weighted by molar-refractivity contribution is -0.127. The van der Waals surface area contributed by atoms with Gasteiger partial charge in [0, 0.05) is 0 Å². The normalized spacial score (nSPS) is 18.2. The van der Waals surface area contributed by atoms with Crippen molar-refractivity contribution in [1.82, 2.24) is 0 Å². The van der Waals surface area contributed by atoms with Gasteiger partial charge in [-0.2, -0.15) is 0 Å². The number of hydrogen-bond acceptors (Lipinski definition) is 6.